The van der Waals surface area contributed by atoms with Gasteiger partial charge in [0.25, 0.3) is 0 Å². The molecule has 4 rings (SSSR count). The van der Waals surface area contributed by atoms with Crippen LogP contribution >= 0.6 is 35.7 Å². The van der Waals surface area contributed by atoms with Crippen LogP contribution in [0.25, 0.3) is 0 Å². The maximum Gasteiger partial charge on any atom is 0.225 e. The number of alkyl halides is 1. The molecule has 2 aliphatic heterocycles. The summed E-state index contributed by atoms with van der Waals surface area (Å²) in [6, 6.07) is 1.95. The standard InChI is InChI=1S/C16H18F2N6S2.ClH/c1-15(2,18)12-10(17)5-20-14(22-12)24-6-9-7-25-13(19)23-16(9,8-24)11-3-4-21-26-11;/h3-5,9H,6-8H2,1-2H3,(H2,19,23);1H/t9-,16-;/m0./s1. The molecule has 1 saturated heterocycles. The smallest absolute Gasteiger partial charge is 0.225 e. The van der Waals surface area contributed by atoms with E-state index in [2.05, 4.69) is 14.3 Å². The van der Waals surface area contributed by atoms with Crippen molar-refractivity contribution in [3.63, 3.8) is 0 Å². The number of rotatable bonds is 3. The maximum absolute atomic E-state index is 14.3. The molecule has 11 heteroatoms. The largest absolute Gasteiger partial charge is 0.379 e. The van der Waals surface area contributed by atoms with E-state index in [1.165, 1.54) is 37.1 Å². The van der Waals surface area contributed by atoms with Crippen molar-refractivity contribution in [3.05, 3.63) is 34.8 Å². The lowest BCUT2D eigenvalue weighted by Crippen LogP contribution is -2.39. The third kappa shape index (κ3) is 3.50. The Labute approximate surface area is 170 Å². The molecule has 146 valence electrons. The molecule has 0 spiro atoms. The highest BCUT2D eigenvalue weighted by molar-refractivity contribution is 8.13. The van der Waals surface area contributed by atoms with Crippen LogP contribution in [-0.2, 0) is 11.2 Å². The minimum Gasteiger partial charge on any atom is -0.379 e. The molecule has 2 aliphatic rings. The van der Waals surface area contributed by atoms with E-state index in [-0.39, 0.29) is 24.0 Å². The van der Waals surface area contributed by atoms with Gasteiger partial charge in [-0.15, -0.1) is 12.4 Å². The SMILES string of the molecule is CC(C)(F)c1nc(N2C[C@H]3CSC(N)=N[C@@]3(c3ccns3)C2)ncc1F.Cl. The first-order chi connectivity index (χ1) is 12.3. The second-order valence-electron chi connectivity index (χ2n) is 6.98. The van der Waals surface area contributed by atoms with Crippen LogP contribution in [-0.4, -0.2) is 38.4 Å². The van der Waals surface area contributed by atoms with Crippen LogP contribution in [0.3, 0.4) is 0 Å². The van der Waals surface area contributed by atoms with Crippen molar-refractivity contribution in [1.29, 1.82) is 0 Å². The van der Waals surface area contributed by atoms with Gasteiger partial charge in [0.1, 0.15) is 16.9 Å². The normalized spacial score (nSPS) is 25.0. The molecule has 6 nitrogen and oxygen atoms in total. The summed E-state index contributed by atoms with van der Waals surface area (Å²) in [5.41, 5.74) is 3.38. The number of nitrogens with zero attached hydrogens (tertiary/aromatic N) is 5. The Morgan fingerprint density at radius 2 is 2.19 bits per heavy atom. The highest BCUT2D eigenvalue weighted by Crippen LogP contribution is 2.47. The second kappa shape index (κ2) is 7.14. The lowest BCUT2D eigenvalue weighted by molar-refractivity contribution is 0.205. The van der Waals surface area contributed by atoms with E-state index in [0.717, 1.165) is 16.8 Å². The van der Waals surface area contributed by atoms with Gasteiger partial charge in [0.05, 0.1) is 17.6 Å². The van der Waals surface area contributed by atoms with Crippen molar-refractivity contribution in [2.24, 2.45) is 16.6 Å². The van der Waals surface area contributed by atoms with Gasteiger partial charge in [-0.05, 0) is 31.4 Å². The molecule has 1 fully saturated rings. The number of nitrogens with two attached hydrogens (primary N) is 1. The quantitative estimate of drug-likeness (QED) is 0.802. The van der Waals surface area contributed by atoms with Crippen molar-refractivity contribution in [1.82, 2.24) is 14.3 Å². The van der Waals surface area contributed by atoms with Gasteiger partial charge >= 0.3 is 0 Å². The number of aromatic nitrogens is 3. The first-order valence-corrected chi connectivity index (χ1v) is 9.92. The van der Waals surface area contributed by atoms with Gasteiger partial charge in [-0.1, -0.05) is 11.8 Å². The van der Waals surface area contributed by atoms with Crippen molar-refractivity contribution >= 4 is 46.8 Å². The monoisotopic (exact) mass is 432 g/mol. The molecule has 2 aromatic heterocycles. The fourth-order valence-electron chi connectivity index (χ4n) is 3.49. The summed E-state index contributed by atoms with van der Waals surface area (Å²) in [6.07, 6.45) is 2.78. The van der Waals surface area contributed by atoms with Crippen LogP contribution < -0.4 is 10.6 Å². The molecule has 0 saturated carbocycles. The molecular formula is C16H19ClF2N6S2. The van der Waals surface area contributed by atoms with Crippen molar-refractivity contribution in [2.45, 2.75) is 25.1 Å². The fraction of sp³-hybridized carbons (Fsp3) is 0.500. The van der Waals surface area contributed by atoms with Crippen molar-refractivity contribution < 1.29 is 8.78 Å². The van der Waals surface area contributed by atoms with Crippen LogP contribution in [0.5, 0.6) is 0 Å². The first kappa shape index (κ1) is 20.2. The number of thioether (sulfide) groups is 1. The summed E-state index contributed by atoms with van der Waals surface area (Å²) in [5.74, 6) is 0.569. The zero-order valence-electron chi connectivity index (χ0n) is 14.7. The number of anilines is 1. The van der Waals surface area contributed by atoms with Gasteiger partial charge < -0.3 is 10.6 Å². The van der Waals surface area contributed by atoms with E-state index in [1.54, 1.807) is 6.20 Å². The Bertz CT molecular complexity index is 857. The van der Waals surface area contributed by atoms with E-state index in [9.17, 15) is 8.78 Å². The summed E-state index contributed by atoms with van der Waals surface area (Å²) >= 11 is 2.92. The van der Waals surface area contributed by atoms with Crippen molar-refractivity contribution in [2.75, 3.05) is 23.7 Å². The van der Waals surface area contributed by atoms with Crippen molar-refractivity contribution in [3.8, 4) is 0 Å². The third-order valence-electron chi connectivity index (χ3n) is 4.73. The maximum atomic E-state index is 14.3. The van der Waals surface area contributed by atoms with E-state index in [4.69, 9.17) is 10.7 Å². The summed E-state index contributed by atoms with van der Waals surface area (Å²) in [7, 11) is 0. The molecule has 0 aliphatic carbocycles. The van der Waals surface area contributed by atoms with Gasteiger partial charge in [0.2, 0.25) is 5.95 Å². The minimum atomic E-state index is -1.89. The summed E-state index contributed by atoms with van der Waals surface area (Å²) in [5, 5.41) is 0.544. The Kier molecular flexibility index (Phi) is 5.35. The molecule has 0 amide bonds. The zero-order chi connectivity index (χ0) is 18.5. The Balaban J connectivity index is 0.00000210. The van der Waals surface area contributed by atoms with Crippen LogP contribution in [0.2, 0.25) is 0 Å². The number of halogens is 3. The Morgan fingerprint density at radius 1 is 1.41 bits per heavy atom. The second-order valence-corrected chi connectivity index (χ2v) is 8.85. The predicted molar refractivity (Wildman–Crippen MR) is 107 cm³/mol. The zero-order valence-corrected chi connectivity index (χ0v) is 17.2. The van der Waals surface area contributed by atoms with E-state index in [1.807, 2.05) is 11.0 Å². The Morgan fingerprint density at radius 3 is 2.85 bits per heavy atom. The van der Waals surface area contributed by atoms with Crippen LogP contribution in [0.15, 0.2) is 23.5 Å². The number of hydrogen-bond acceptors (Lipinski definition) is 8. The molecule has 2 N–H and O–H groups in total. The number of hydrogen-bond donors (Lipinski definition) is 1. The molecule has 2 aromatic rings. The fourth-order valence-corrected chi connectivity index (χ4v) is 5.26. The van der Waals surface area contributed by atoms with Crippen LogP contribution in [0, 0.1) is 11.7 Å². The van der Waals surface area contributed by atoms with E-state index >= 15 is 0 Å². The first-order valence-electron chi connectivity index (χ1n) is 8.16. The minimum absolute atomic E-state index is 0. The molecule has 4 heterocycles. The predicted octanol–water partition coefficient (Wildman–Crippen LogP) is 3.09. The van der Waals surface area contributed by atoms with Gasteiger partial charge in [-0.25, -0.2) is 28.1 Å². The average Bonchev–Trinajstić information content (AvgIpc) is 3.22. The van der Waals surface area contributed by atoms with Crippen LogP contribution in [0.1, 0.15) is 24.4 Å². The average molecular weight is 433 g/mol. The number of fused-ring (bicyclic) bond motifs is 1. The van der Waals surface area contributed by atoms with E-state index in [0.29, 0.717) is 24.2 Å². The third-order valence-corrected chi connectivity index (χ3v) is 6.60. The topological polar surface area (TPSA) is 80.3 Å². The summed E-state index contributed by atoms with van der Waals surface area (Å²) in [4.78, 5) is 16.0. The summed E-state index contributed by atoms with van der Waals surface area (Å²) in [6.45, 7) is 3.71. The van der Waals surface area contributed by atoms with Gasteiger partial charge in [-0.3, -0.25) is 0 Å². The van der Waals surface area contributed by atoms with Gasteiger partial charge in [0.15, 0.2) is 11.0 Å². The highest BCUT2D eigenvalue weighted by Gasteiger charge is 2.51. The lowest BCUT2D eigenvalue weighted by Gasteiger charge is -2.32. The van der Waals surface area contributed by atoms with E-state index < -0.39 is 17.0 Å². The molecule has 2 atom stereocenters. The molecule has 0 aromatic carbocycles. The number of amidine groups is 1. The van der Waals surface area contributed by atoms with Crippen LogP contribution in [0.4, 0.5) is 14.7 Å². The molecule has 0 unspecified atom stereocenters. The van der Waals surface area contributed by atoms with Gasteiger partial charge in [-0.2, -0.15) is 0 Å². The Hall–Kier alpha value is -1.52. The van der Waals surface area contributed by atoms with Gasteiger partial charge in [0, 0.05) is 24.4 Å². The lowest BCUT2D eigenvalue weighted by atomic mass is 9.87. The molecule has 0 radical (unpaired) electrons. The summed E-state index contributed by atoms with van der Waals surface area (Å²) < 4.78 is 32.5. The molecular weight excluding hydrogens is 414 g/mol. The number of aliphatic imine (C=N–C) groups is 1. The highest BCUT2D eigenvalue weighted by atomic mass is 35.5. The molecule has 0 bridgehead atoms. The molecule has 27 heavy (non-hydrogen) atoms.